The third-order valence-electron chi connectivity index (χ3n) is 4.49. The van der Waals surface area contributed by atoms with Gasteiger partial charge in [-0.1, -0.05) is 49.6 Å². The lowest BCUT2D eigenvalue weighted by molar-refractivity contribution is -0.167. The Morgan fingerprint density at radius 3 is 2.59 bits per heavy atom. The van der Waals surface area contributed by atoms with Crippen molar-refractivity contribution in [3.8, 4) is 0 Å². The van der Waals surface area contributed by atoms with Crippen molar-refractivity contribution in [2.75, 3.05) is 0 Å². The van der Waals surface area contributed by atoms with Crippen molar-refractivity contribution >= 4 is 29.1 Å². The fraction of sp³-hybridized carbons (Fsp3) is 0.381. The van der Waals surface area contributed by atoms with Crippen molar-refractivity contribution in [3.63, 3.8) is 0 Å². The number of halogens is 1. The summed E-state index contributed by atoms with van der Waals surface area (Å²) in [5.74, 6) is -1.24. The van der Waals surface area contributed by atoms with Gasteiger partial charge in [-0.05, 0) is 31.9 Å². The maximum absolute atomic E-state index is 12.7. The van der Waals surface area contributed by atoms with Crippen molar-refractivity contribution in [2.24, 2.45) is 5.92 Å². The first-order chi connectivity index (χ1) is 12.6. The van der Waals surface area contributed by atoms with E-state index in [1.54, 1.807) is 6.08 Å². The van der Waals surface area contributed by atoms with E-state index in [1.165, 1.54) is 19.3 Å². The molecule has 5 nitrogen and oxygen atoms in total. The lowest BCUT2D eigenvalue weighted by atomic mass is 9.80. The molecule has 2 atom stereocenters. The van der Waals surface area contributed by atoms with Crippen LogP contribution in [0.3, 0.4) is 0 Å². The van der Waals surface area contributed by atoms with Crippen molar-refractivity contribution in [2.45, 2.75) is 46.6 Å². The molecule has 6 heteroatoms. The molecule has 1 aliphatic carbocycles. The zero-order chi connectivity index (χ0) is 20.4. The number of allylic oxidation sites excluding steroid dienone is 6. The van der Waals surface area contributed by atoms with Crippen LogP contribution in [-0.4, -0.2) is 23.1 Å². The average Bonchev–Trinajstić information content (AvgIpc) is 2.62. The van der Waals surface area contributed by atoms with Gasteiger partial charge in [0, 0.05) is 12.5 Å². The number of ether oxygens (including phenoxy) is 2. The highest BCUT2D eigenvalue weighted by molar-refractivity contribution is 6.49. The molecule has 0 bridgehead atoms. The van der Waals surface area contributed by atoms with E-state index in [0.29, 0.717) is 11.7 Å². The quantitative estimate of drug-likeness (QED) is 0.397. The van der Waals surface area contributed by atoms with Gasteiger partial charge in [-0.3, -0.25) is 14.4 Å². The van der Waals surface area contributed by atoms with Gasteiger partial charge in [-0.25, -0.2) is 0 Å². The number of carbonyl (C=O) groups is 3. The second-order valence-corrected chi connectivity index (χ2v) is 7.22. The molecule has 0 N–H and O–H groups in total. The Labute approximate surface area is 164 Å². The van der Waals surface area contributed by atoms with Crippen LogP contribution >= 0.6 is 11.6 Å². The number of Topliss-reactive ketones (excluding diaryl/α,β-unsaturated/α-hetero) is 2. The molecular weight excluding hydrogens is 368 g/mol. The first kappa shape index (κ1) is 20.9. The van der Waals surface area contributed by atoms with Gasteiger partial charge >= 0.3 is 5.97 Å². The minimum Gasteiger partial charge on any atom is -0.464 e. The fourth-order valence-corrected chi connectivity index (χ4v) is 3.13. The first-order valence-electron chi connectivity index (χ1n) is 8.74. The molecule has 2 aliphatic rings. The SMILES string of the molecule is CCC(C)C=C(C)C=CC1=CC2=C(Cl)C(=O)[C@@](C)(OC(C)=O)C(=O)C2=CO1. The van der Waals surface area contributed by atoms with E-state index in [1.807, 2.05) is 13.0 Å². The predicted molar refractivity (Wildman–Crippen MR) is 103 cm³/mol. The van der Waals surface area contributed by atoms with Crippen LogP contribution in [0.25, 0.3) is 0 Å². The van der Waals surface area contributed by atoms with Crippen LogP contribution in [0.15, 0.2) is 58.1 Å². The molecule has 0 saturated heterocycles. The molecule has 0 radical (unpaired) electrons. The van der Waals surface area contributed by atoms with E-state index in [9.17, 15) is 14.4 Å². The topological polar surface area (TPSA) is 69.7 Å². The molecule has 0 fully saturated rings. The molecule has 2 rings (SSSR count). The fourth-order valence-electron chi connectivity index (χ4n) is 2.80. The maximum Gasteiger partial charge on any atom is 0.304 e. The number of hydrogen-bond acceptors (Lipinski definition) is 5. The highest BCUT2D eigenvalue weighted by atomic mass is 35.5. The van der Waals surface area contributed by atoms with Crippen LogP contribution < -0.4 is 0 Å². The van der Waals surface area contributed by atoms with E-state index < -0.39 is 23.1 Å². The summed E-state index contributed by atoms with van der Waals surface area (Å²) in [6.07, 6.45) is 9.60. The third-order valence-corrected chi connectivity index (χ3v) is 4.86. The van der Waals surface area contributed by atoms with Crippen LogP contribution in [0.4, 0.5) is 0 Å². The molecule has 0 saturated carbocycles. The molecule has 27 heavy (non-hydrogen) atoms. The third kappa shape index (κ3) is 4.30. The van der Waals surface area contributed by atoms with E-state index in [2.05, 4.69) is 19.9 Å². The Morgan fingerprint density at radius 1 is 1.33 bits per heavy atom. The van der Waals surface area contributed by atoms with Crippen LogP contribution in [0.2, 0.25) is 0 Å². The Bertz CT molecular complexity index is 841. The molecule has 1 unspecified atom stereocenters. The summed E-state index contributed by atoms with van der Waals surface area (Å²) >= 11 is 6.20. The second kappa shape index (κ2) is 8.09. The first-order valence-corrected chi connectivity index (χ1v) is 9.12. The van der Waals surface area contributed by atoms with Crippen LogP contribution in [0, 0.1) is 5.92 Å². The minimum absolute atomic E-state index is 0.104. The van der Waals surface area contributed by atoms with Gasteiger partial charge in [0.1, 0.15) is 12.0 Å². The van der Waals surface area contributed by atoms with Gasteiger partial charge in [0.2, 0.25) is 17.2 Å². The predicted octanol–water partition coefficient (Wildman–Crippen LogP) is 4.30. The minimum atomic E-state index is -1.97. The largest absolute Gasteiger partial charge is 0.464 e. The highest BCUT2D eigenvalue weighted by Gasteiger charge is 2.52. The van der Waals surface area contributed by atoms with E-state index >= 15 is 0 Å². The average molecular weight is 391 g/mol. The summed E-state index contributed by atoms with van der Waals surface area (Å²) in [7, 11) is 0. The van der Waals surface area contributed by atoms with Crippen molar-refractivity contribution < 1.29 is 23.9 Å². The summed E-state index contributed by atoms with van der Waals surface area (Å²) in [6, 6.07) is 0. The highest BCUT2D eigenvalue weighted by Crippen LogP contribution is 2.38. The molecular formula is C21H23ClO5. The number of fused-ring (bicyclic) bond motifs is 1. The lowest BCUT2D eigenvalue weighted by Crippen LogP contribution is -2.51. The maximum atomic E-state index is 12.7. The van der Waals surface area contributed by atoms with Crippen LogP contribution in [0.1, 0.15) is 41.0 Å². The van der Waals surface area contributed by atoms with Gasteiger partial charge in [0.05, 0.1) is 10.6 Å². The Morgan fingerprint density at radius 2 is 2.00 bits per heavy atom. The molecule has 0 amide bonds. The molecule has 0 aromatic carbocycles. The summed E-state index contributed by atoms with van der Waals surface area (Å²) in [5, 5.41) is -0.161. The lowest BCUT2D eigenvalue weighted by Gasteiger charge is -2.32. The summed E-state index contributed by atoms with van der Waals surface area (Å²) < 4.78 is 10.5. The standard InChI is InChI=1S/C21H23ClO5/c1-6-12(2)9-13(3)7-8-15-10-16-17(11-26-15)19(24)21(5,27-14(4)23)20(25)18(16)22/h7-12H,6H2,1-5H3/t12?,21-/m0/s1. The number of esters is 1. The summed E-state index contributed by atoms with van der Waals surface area (Å²) in [6.45, 7) is 8.60. The van der Waals surface area contributed by atoms with Gasteiger partial charge in [-0.2, -0.15) is 0 Å². The Kier molecular flexibility index (Phi) is 6.26. The van der Waals surface area contributed by atoms with Crippen molar-refractivity contribution in [1.82, 2.24) is 0 Å². The van der Waals surface area contributed by atoms with E-state index in [4.69, 9.17) is 21.1 Å². The zero-order valence-electron chi connectivity index (χ0n) is 16.1. The zero-order valence-corrected chi connectivity index (χ0v) is 16.8. The molecule has 0 aromatic heterocycles. The van der Waals surface area contributed by atoms with Gasteiger partial charge in [0.25, 0.3) is 0 Å². The van der Waals surface area contributed by atoms with Gasteiger partial charge in [0.15, 0.2) is 0 Å². The summed E-state index contributed by atoms with van der Waals surface area (Å²) in [4.78, 5) is 36.6. The molecule has 1 heterocycles. The number of rotatable bonds is 5. The van der Waals surface area contributed by atoms with Gasteiger partial charge < -0.3 is 9.47 Å². The normalized spacial score (nSPS) is 24.3. The van der Waals surface area contributed by atoms with Crippen molar-refractivity contribution in [3.05, 3.63) is 58.1 Å². The second-order valence-electron chi connectivity index (χ2n) is 6.84. The Hall–Kier alpha value is -2.40. The van der Waals surface area contributed by atoms with E-state index in [-0.39, 0.29) is 16.2 Å². The Balaban J connectivity index is 2.36. The smallest absolute Gasteiger partial charge is 0.304 e. The number of ketones is 2. The number of carbonyl (C=O) groups excluding carboxylic acids is 3. The van der Waals surface area contributed by atoms with Crippen LogP contribution in [-0.2, 0) is 23.9 Å². The molecule has 1 aliphatic heterocycles. The van der Waals surface area contributed by atoms with Crippen LogP contribution in [0.5, 0.6) is 0 Å². The molecule has 0 spiro atoms. The number of hydrogen-bond donors (Lipinski definition) is 0. The monoisotopic (exact) mass is 390 g/mol. The van der Waals surface area contributed by atoms with Gasteiger partial charge in [-0.15, -0.1) is 0 Å². The molecule has 144 valence electrons. The summed E-state index contributed by atoms with van der Waals surface area (Å²) in [5.41, 5.74) is -0.529. The van der Waals surface area contributed by atoms with Crippen molar-refractivity contribution in [1.29, 1.82) is 0 Å². The van der Waals surface area contributed by atoms with E-state index in [0.717, 1.165) is 18.9 Å². The molecule has 0 aromatic rings.